The highest BCUT2D eigenvalue weighted by atomic mass is 15.3. The molecule has 0 saturated heterocycles. The Balaban J connectivity index is 1.99. The van der Waals surface area contributed by atoms with Crippen molar-refractivity contribution in [2.45, 2.75) is 45.1 Å². The summed E-state index contributed by atoms with van der Waals surface area (Å²) in [7, 11) is 2.02. The first kappa shape index (κ1) is 10.7. The van der Waals surface area contributed by atoms with E-state index in [1.165, 1.54) is 30.7 Å². The van der Waals surface area contributed by atoms with Gasteiger partial charge in [-0.3, -0.25) is 4.68 Å². The van der Waals surface area contributed by atoms with Gasteiger partial charge in [-0.2, -0.15) is 5.10 Å². The third kappa shape index (κ3) is 2.23. The molecule has 1 saturated carbocycles. The lowest BCUT2D eigenvalue weighted by Crippen LogP contribution is -2.36. The van der Waals surface area contributed by atoms with Crippen molar-refractivity contribution in [3.05, 3.63) is 17.5 Å². The van der Waals surface area contributed by atoms with E-state index in [4.69, 9.17) is 5.73 Å². The van der Waals surface area contributed by atoms with Gasteiger partial charge in [0.1, 0.15) is 0 Å². The largest absolute Gasteiger partial charge is 0.327 e. The van der Waals surface area contributed by atoms with Gasteiger partial charge in [0, 0.05) is 25.2 Å². The smallest absolute Gasteiger partial charge is 0.0624 e. The lowest BCUT2D eigenvalue weighted by molar-refractivity contribution is 0.258. The zero-order chi connectivity index (χ0) is 10.8. The number of hydrogen-bond acceptors (Lipinski definition) is 2. The van der Waals surface area contributed by atoms with Gasteiger partial charge in [-0.15, -0.1) is 0 Å². The van der Waals surface area contributed by atoms with Gasteiger partial charge >= 0.3 is 0 Å². The number of rotatable bonds is 4. The van der Waals surface area contributed by atoms with E-state index in [1.807, 2.05) is 11.7 Å². The summed E-state index contributed by atoms with van der Waals surface area (Å²) in [4.78, 5) is 0. The van der Waals surface area contributed by atoms with Crippen LogP contribution in [0.4, 0.5) is 0 Å². The van der Waals surface area contributed by atoms with Gasteiger partial charge in [-0.25, -0.2) is 0 Å². The lowest BCUT2D eigenvalue weighted by atomic mass is 9.78. The second kappa shape index (κ2) is 4.35. The van der Waals surface area contributed by atoms with Crippen LogP contribution in [0.15, 0.2) is 6.07 Å². The van der Waals surface area contributed by atoms with Gasteiger partial charge in [0.25, 0.3) is 0 Å². The molecule has 2 N–H and O–H groups in total. The topological polar surface area (TPSA) is 43.8 Å². The fraction of sp³-hybridized carbons (Fsp3) is 0.750. The zero-order valence-electron chi connectivity index (χ0n) is 9.74. The van der Waals surface area contributed by atoms with Crippen LogP contribution in [-0.4, -0.2) is 15.8 Å². The Labute approximate surface area is 91.7 Å². The van der Waals surface area contributed by atoms with E-state index in [2.05, 4.69) is 18.1 Å². The molecule has 1 fully saturated rings. The van der Waals surface area contributed by atoms with Crippen LogP contribution in [0, 0.1) is 5.92 Å². The first-order valence-corrected chi connectivity index (χ1v) is 5.98. The summed E-state index contributed by atoms with van der Waals surface area (Å²) in [5, 5.41) is 4.45. The SMILES string of the molecule is CCc1cc(CC(N)C2CCC2)n(C)n1. The van der Waals surface area contributed by atoms with Crippen LogP contribution in [0.3, 0.4) is 0 Å². The summed E-state index contributed by atoms with van der Waals surface area (Å²) >= 11 is 0. The molecule has 0 aliphatic heterocycles. The molecule has 1 heterocycles. The number of hydrogen-bond donors (Lipinski definition) is 1. The second-order valence-electron chi connectivity index (χ2n) is 4.66. The van der Waals surface area contributed by atoms with Gasteiger partial charge in [-0.1, -0.05) is 13.3 Å². The molecule has 1 aliphatic carbocycles. The van der Waals surface area contributed by atoms with Crippen molar-refractivity contribution < 1.29 is 0 Å². The highest BCUT2D eigenvalue weighted by Crippen LogP contribution is 2.29. The van der Waals surface area contributed by atoms with Crippen molar-refractivity contribution in [3.8, 4) is 0 Å². The summed E-state index contributed by atoms with van der Waals surface area (Å²) in [6, 6.07) is 2.53. The minimum Gasteiger partial charge on any atom is -0.327 e. The van der Waals surface area contributed by atoms with Crippen LogP contribution in [0.1, 0.15) is 37.6 Å². The Morgan fingerprint density at radius 1 is 1.60 bits per heavy atom. The molecule has 0 radical (unpaired) electrons. The van der Waals surface area contributed by atoms with E-state index < -0.39 is 0 Å². The van der Waals surface area contributed by atoms with E-state index in [-0.39, 0.29) is 0 Å². The monoisotopic (exact) mass is 207 g/mol. The highest BCUT2D eigenvalue weighted by molar-refractivity contribution is 5.12. The molecule has 3 nitrogen and oxygen atoms in total. The molecule has 2 rings (SSSR count). The third-order valence-corrected chi connectivity index (χ3v) is 3.59. The number of aromatic nitrogens is 2. The Morgan fingerprint density at radius 3 is 2.80 bits per heavy atom. The quantitative estimate of drug-likeness (QED) is 0.816. The fourth-order valence-electron chi connectivity index (χ4n) is 2.21. The first-order valence-electron chi connectivity index (χ1n) is 5.98. The van der Waals surface area contributed by atoms with Gasteiger partial charge in [-0.05, 0) is 31.2 Å². The standard InChI is InChI=1S/C12H21N3/c1-3-10-7-11(15(2)14-10)8-12(13)9-5-4-6-9/h7,9,12H,3-6,8,13H2,1-2H3. The predicted molar refractivity (Wildman–Crippen MR) is 61.6 cm³/mol. The van der Waals surface area contributed by atoms with Gasteiger partial charge in [0.05, 0.1) is 5.69 Å². The van der Waals surface area contributed by atoms with Crippen molar-refractivity contribution in [2.75, 3.05) is 0 Å². The minimum absolute atomic E-state index is 0.332. The predicted octanol–water partition coefficient (Wildman–Crippen LogP) is 1.65. The lowest BCUT2D eigenvalue weighted by Gasteiger charge is -2.31. The van der Waals surface area contributed by atoms with Crippen molar-refractivity contribution in [1.29, 1.82) is 0 Å². The maximum atomic E-state index is 6.19. The summed E-state index contributed by atoms with van der Waals surface area (Å²) in [5.41, 5.74) is 8.65. The van der Waals surface area contributed by atoms with Crippen molar-refractivity contribution in [1.82, 2.24) is 9.78 Å². The third-order valence-electron chi connectivity index (χ3n) is 3.59. The summed E-state index contributed by atoms with van der Waals surface area (Å²) < 4.78 is 1.98. The van der Waals surface area contributed by atoms with Crippen LogP contribution in [0.25, 0.3) is 0 Å². The van der Waals surface area contributed by atoms with Gasteiger partial charge in [0.15, 0.2) is 0 Å². The van der Waals surface area contributed by atoms with Crippen LogP contribution >= 0.6 is 0 Å². The van der Waals surface area contributed by atoms with Crippen LogP contribution in [0.5, 0.6) is 0 Å². The normalized spacial score (nSPS) is 18.9. The summed E-state index contributed by atoms with van der Waals surface area (Å²) in [6.07, 6.45) is 5.99. The molecule has 1 aliphatic rings. The number of aryl methyl sites for hydroxylation is 2. The molecular weight excluding hydrogens is 186 g/mol. The van der Waals surface area contributed by atoms with E-state index in [9.17, 15) is 0 Å². The molecule has 15 heavy (non-hydrogen) atoms. The molecule has 0 aromatic carbocycles. The van der Waals surface area contributed by atoms with E-state index >= 15 is 0 Å². The maximum Gasteiger partial charge on any atom is 0.0624 e. The molecule has 1 aromatic rings. The zero-order valence-corrected chi connectivity index (χ0v) is 9.74. The van der Waals surface area contributed by atoms with Crippen molar-refractivity contribution in [3.63, 3.8) is 0 Å². The van der Waals surface area contributed by atoms with E-state index in [0.29, 0.717) is 6.04 Å². The summed E-state index contributed by atoms with van der Waals surface area (Å²) in [6.45, 7) is 2.14. The van der Waals surface area contributed by atoms with Crippen molar-refractivity contribution in [2.24, 2.45) is 18.7 Å². The van der Waals surface area contributed by atoms with Crippen LogP contribution < -0.4 is 5.73 Å². The second-order valence-corrected chi connectivity index (χ2v) is 4.66. The molecule has 1 aromatic heterocycles. The molecule has 0 bridgehead atoms. The number of nitrogens with zero attached hydrogens (tertiary/aromatic N) is 2. The Kier molecular flexibility index (Phi) is 3.10. The van der Waals surface area contributed by atoms with E-state index in [1.54, 1.807) is 0 Å². The fourth-order valence-corrected chi connectivity index (χ4v) is 2.21. The molecule has 1 atom stereocenters. The van der Waals surface area contributed by atoms with Crippen molar-refractivity contribution >= 4 is 0 Å². The van der Waals surface area contributed by atoms with Gasteiger partial charge < -0.3 is 5.73 Å². The van der Waals surface area contributed by atoms with Crippen LogP contribution in [0.2, 0.25) is 0 Å². The molecule has 3 heteroatoms. The van der Waals surface area contributed by atoms with E-state index in [0.717, 1.165) is 18.8 Å². The average Bonchev–Trinajstić information content (AvgIpc) is 2.44. The maximum absolute atomic E-state index is 6.19. The molecule has 1 unspecified atom stereocenters. The molecule has 84 valence electrons. The minimum atomic E-state index is 0.332. The Bertz CT molecular complexity index is 326. The molecule has 0 amide bonds. The molecular formula is C12H21N3. The van der Waals surface area contributed by atoms with Gasteiger partial charge in [0.2, 0.25) is 0 Å². The first-order chi connectivity index (χ1) is 7.20. The highest BCUT2D eigenvalue weighted by Gasteiger charge is 2.25. The number of nitrogens with two attached hydrogens (primary N) is 1. The summed E-state index contributed by atoms with van der Waals surface area (Å²) in [5.74, 6) is 0.755. The molecule has 0 spiro atoms. The Hall–Kier alpha value is -0.830. The van der Waals surface area contributed by atoms with Crippen LogP contribution in [-0.2, 0) is 19.9 Å². The Morgan fingerprint density at radius 2 is 2.33 bits per heavy atom. The average molecular weight is 207 g/mol.